The van der Waals surface area contributed by atoms with Crippen LogP contribution in [0.1, 0.15) is 67.9 Å². The van der Waals surface area contributed by atoms with E-state index >= 15 is 0 Å². The predicted octanol–water partition coefficient (Wildman–Crippen LogP) is 9.38. The third-order valence-electron chi connectivity index (χ3n) is 9.54. The minimum absolute atomic E-state index is 0.0143. The van der Waals surface area contributed by atoms with Gasteiger partial charge in [-0.3, -0.25) is 0 Å². The van der Waals surface area contributed by atoms with Crippen LogP contribution in [0.5, 0.6) is 0 Å². The van der Waals surface area contributed by atoms with Gasteiger partial charge in [0.2, 0.25) is 0 Å². The highest BCUT2D eigenvalue weighted by atomic mass is 15.2. The Morgan fingerprint density at radius 2 is 1.35 bits per heavy atom. The molecule has 1 aliphatic heterocycles. The second-order valence-electron chi connectivity index (χ2n) is 12.1. The first-order chi connectivity index (χ1) is 17.9. The van der Waals surface area contributed by atoms with Crippen LogP contribution in [-0.4, -0.2) is 0 Å². The molecule has 4 aliphatic rings. The highest BCUT2D eigenvalue weighted by Crippen LogP contribution is 2.62. The molecule has 37 heavy (non-hydrogen) atoms. The zero-order chi connectivity index (χ0) is 25.1. The Balaban J connectivity index is 1.43. The highest BCUT2D eigenvalue weighted by Gasteiger charge is 2.46. The number of benzene rings is 4. The lowest BCUT2D eigenvalue weighted by atomic mass is 9.81. The maximum Gasteiger partial charge on any atom is 0.0505 e. The van der Waals surface area contributed by atoms with Crippen LogP contribution in [0.25, 0.3) is 22.3 Å². The lowest BCUT2D eigenvalue weighted by Crippen LogP contribution is -2.22. The summed E-state index contributed by atoms with van der Waals surface area (Å²) in [6.07, 6.45) is 8.02. The van der Waals surface area contributed by atoms with Crippen LogP contribution in [0, 0.1) is 0 Å². The van der Waals surface area contributed by atoms with Crippen molar-refractivity contribution >= 4 is 11.4 Å². The SMILES string of the molecule is CC1(C)c2ccccc2-c2c1ccc1c2C2CC=CC=C2N1c1cccc2c1C(C)(C)c1ccccc1-2. The van der Waals surface area contributed by atoms with Gasteiger partial charge < -0.3 is 4.90 Å². The number of hydrogen-bond acceptors (Lipinski definition) is 1. The second kappa shape index (κ2) is 6.92. The molecule has 0 N–H and O–H groups in total. The monoisotopic (exact) mass is 477 g/mol. The maximum atomic E-state index is 2.60. The zero-order valence-electron chi connectivity index (χ0n) is 22.0. The standard InChI is InChI=1S/C36H31N/c1-35(2)27-17-9-6-13-24(27)32-28(35)20-21-30-33(32)25-14-7-10-18-29(25)37(30)31-19-11-15-23-22-12-5-8-16-26(22)36(3,4)34(23)31/h5-13,15-21,25H,14H2,1-4H3. The lowest BCUT2D eigenvalue weighted by molar-refractivity contribution is 0.659. The van der Waals surface area contributed by atoms with E-state index in [0.29, 0.717) is 5.92 Å². The van der Waals surface area contributed by atoms with Crippen LogP contribution in [0.2, 0.25) is 0 Å². The Morgan fingerprint density at radius 1 is 0.649 bits per heavy atom. The van der Waals surface area contributed by atoms with Crippen molar-refractivity contribution in [2.75, 3.05) is 4.90 Å². The van der Waals surface area contributed by atoms with Gasteiger partial charge in [0.15, 0.2) is 0 Å². The van der Waals surface area contributed by atoms with Crippen LogP contribution >= 0.6 is 0 Å². The quantitative estimate of drug-likeness (QED) is 0.264. The molecule has 8 rings (SSSR count). The van der Waals surface area contributed by atoms with Crippen LogP contribution in [0.4, 0.5) is 11.4 Å². The molecule has 0 amide bonds. The molecule has 0 radical (unpaired) electrons. The van der Waals surface area contributed by atoms with E-state index < -0.39 is 0 Å². The summed E-state index contributed by atoms with van der Waals surface area (Å²) in [6.45, 7) is 9.56. The van der Waals surface area contributed by atoms with E-state index in [4.69, 9.17) is 0 Å². The molecular weight excluding hydrogens is 446 g/mol. The molecule has 4 aromatic rings. The largest absolute Gasteiger partial charge is 0.313 e. The summed E-state index contributed by atoms with van der Waals surface area (Å²) in [7, 11) is 0. The normalized spacial score (nSPS) is 20.5. The van der Waals surface area contributed by atoms with Crippen LogP contribution < -0.4 is 4.90 Å². The summed E-state index contributed by atoms with van der Waals surface area (Å²) < 4.78 is 0. The molecule has 0 spiro atoms. The van der Waals surface area contributed by atoms with Crippen molar-refractivity contribution in [1.82, 2.24) is 0 Å². The smallest absolute Gasteiger partial charge is 0.0505 e. The van der Waals surface area contributed by atoms with Crippen LogP contribution in [-0.2, 0) is 10.8 Å². The molecule has 0 saturated heterocycles. The number of nitrogens with zero attached hydrogens (tertiary/aromatic N) is 1. The average molecular weight is 478 g/mol. The number of anilines is 2. The predicted molar refractivity (Wildman–Crippen MR) is 155 cm³/mol. The Labute approximate surface area is 219 Å². The van der Waals surface area contributed by atoms with Gasteiger partial charge in [-0.05, 0) is 74.7 Å². The Kier molecular flexibility index (Phi) is 3.98. The number of allylic oxidation sites excluding steroid dienone is 4. The van der Waals surface area contributed by atoms with E-state index in [1.165, 1.54) is 67.1 Å². The summed E-state index contributed by atoms with van der Waals surface area (Å²) in [5, 5.41) is 0. The minimum atomic E-state index is -0.0584. The summed E-state index contributed by atoms with van der Waals surface area (Å²) in [4.78, 5) is 2.60. The molecule has 1 nitrogen and oxygen atoms in total. The van der Waals surface area contributed by atoms with Crippen molar-refractivity contribution in [1.29, 1.82) is 0 Å². The maximum absolute atomic E-state index is 2.60. The van der Waals surface area contributed by atoms with E-state index in [1.807, 2.05) is 0 Å². The molecule has 1 unspecified atom stereocenters. The fourth-order valence-corrected chi connectivity index (χ4v) is 7.89. The fourth-order valence-electron chi connectivity index (χ4n) is 7.89. The van der Waals surface area contributed by atoms with Crippen molar-refractivity contribution in [3.63, 3.8) is 0 Å². The lowest BCUT2D eigenvalue weighted by Gasteiger charge is -2.31. The first-order valence-electron chi connectivity index (χ1n) is 13.6. The molecule has 0 aromatic heterocycles. The van der Waals surface area contributed by atoms with E-state index in [-0.39, 0.29) is 10.8 Å². The third-order valence-corrected chi connectivity index (χ3v) is 9.54. The second-order valence-corrected chi connectivity index (χ2v) is 12.1. The fraction of sp³-hybridized carbons (Fsp3) is 0.222. The van der Waals surface area contributed by atoms with E-state index in [0.717, 1.165) is 6.42 Å². The molecule has 0 saturated carbocycles. The van der Waals surface area contributed by atoms with E-state index in [1.54, 1.807) is 0 Å². The summed E-state index contributed by atoms with van der Waals surface area (Å²) >= 11 is 0. The van der Waals surface area contributed by atoms with Gasteiger partial charge in [0, 0.05) is 22.4 Å². The van der Waals surface area contributed by atoms with Gasteiger partial charge in [-0.2, -0.15) is 0 Å². The third kappa shape index (κ3) is 2.50. The molecule has 4 aromatic carbocycles. The topological polar surface area (TPSA) is 3.24 Å². The molecular formula is C36H31N. The molecule has 180 valence electrons. The zero-order valence-corrected chi connectivity index (χ0v) is 22.0. The van der Waals surface area contributed by atoms with Crippen molar-refractivity contribution in [2.24, 2.45) is 0 Å². The van der Waals surface area contributed by atoms with Gasteiger partial charge in [0.25, 0.3) is 0 Å². The molecule has 1 atom stereocenters. The van der Waals surface area contributed by atoms with Gasteiger partial charge in [0.1, 0.15) is 0 Å². The first-order valence-corrected chi connectivity index (χ1v) is 13.6. The molecule has 0 fully saturated rings. The summed E-state index contributed by atoms with van der Waals surface area (Å²) in [6, 6.07) is 29.8. The number of rotatable bonds is 1. The van der Waals surface area contributed by atoms with Gasteiger partial charge in [0.05, 0.1) is 11.4 Å². The van der Waals surface area contributed by atoms with Gasteiger partial charge in [-0.1, -0.05) is 107 Å². The summed E-state index contributed by atoms with van der Waals surface area (Å²) in [5.74, 6) is 0.375. The highest BCUT2D eigenvalue weighted by molar-refractivity contribution is 5.95. The molecule has 1 heteroatoms. The minimum Gasteiger partial charge on any atom is -0.313 e. The van der Waals surface area contributed by atoms with Crippen molar-refractivity contribution in [3.8, 4) is 22.3 Å². The average Bonchev–Trinajstić information content (AvgIpc) is 3.46. The molecule has 3 aliphatic carbocycles. The molecule has 0 bridgehead atoms. The Morgan fingerprint density at radius 3 is 2.16 bits per heavy atom. The van der Waals surface area contributed by atoms with Crippen LogP contribution in [0.15, 0.2) is 103 Å². The van der Waals surface area contributed by atoms with E-state index in [2.05, 4.69) is 130 Å². The van der Waals surface area contributed by atoms with Crippen molar-refractivity contribution in [3.05, 3.63) is 131 Å². The first kappa shape index (κ1) is 21.3. The van der Waals surface area contributed by atoms with Crippen LogP contribution in [0.3, 0.4) is 0 Å². The summed E-state index contributed by atoms with van der Waals surface area (Å²) in [5.41, 5.74) is 17.0. The number of hydrogen-bond donors (Lipinski definition) is 0. The van der Waals surface area contributed by atoms with E-state index in [9.17, 15) is 0 Å². The van der Waals surface area contributed by atoms with Gasteiger partial charge >= 0.3 is 0 Å². The van der Waals surface area contributed by atoms with Gasteiger partial charge in [-0.15, -0.1) is 0 Å². The number of fused-ring (bicyclic) bond motifs is 10. The van der Waals surface area contributed by atoms with Crippen molar-refractivity contribution < 1.29 is 0 Å². The van der Waals surface area contributed by atoms with Gasteiger partial charge in [-0.25, -0.2) is 0 Å². The van der Waals surface area contributed by atoms with Crippen molar-refractivity contribution in [2.45, 2.75) is 50.9 Å². The Hall–Kier alpha value is -3.84. The molecule has 1 heterocycles. The Bertz CT molecular complexity index is 1710.